The maximum absolute atomic E-state index is 11.6. The van der Waals surface area contributed by atoms with E-state index in [0.717, 1.165) is 5.69 Å². The van der Waals surface area contributed by atoms with Crippen LogP contribution in [0, 0.1) is 5.41 Å². The van der Waals surface area contributed by atoms with Crippen LogP contribution in [0.25, 0.3) is 0 Å². The van der Waals surface area contributed by atoms with Crippen molar-refractivity contribution < 1.29 is 19.4 Å². The molecule has 1 aromatic carbocycles. The smallest absolute Gasteiger partial charge is 0.311 e. The lowest BCUT2D eigenvalue weighted by Gasteiger charge is -2.33. The fourth-order valence-corrected chi connectivity index (χ4v) is 2.82. The van der Waals surface area contributed by atoms with Crippen molar-refractivity contribution in [1.82, 2.24) is 0 Å². The van der Waals surface area contributed by atoms with E-state index < -0.39 is 17.3 Å². The Kier molecular flexibility index (Phi) is 4.84. The van der Waals surface area contributed by atoms with E-state index in [4.69, 9.17) is 10.5 Å². The summed E-state index contributed by atoms with van der Waals surface area (Å²) >= 11 is 3.35. The Bertz CT molecular complexity index is 556. The van der Waals surface area contributed by atoms with Gasteiger partial charge in [-0.1, -0.05) is 0 Å². The van der Waals surface area contributed by atoms with Gasteiger partial charge in [0.15, 0.2) is 0 Å². The zero-order chi connectivity index (χ0) is 15.5. The second-order valence-corrected chi connectivity index (χ2v) is 5.96. The minimum absolute atomic E-state index is 0.306. The van der Waals surface area contributed by atoms with Gasteiger partial charge in [-0.2, -0.15) is 0 Å². The molecule has 2 rings (SSSR count). The van der Waals surface area contributed by atoms with Gasteiger partial charge in [0.25, 0.3) is 0 Å². The minimum Gasteiger partial charge on any atom is -0.481 e. The summed E-state index contributed by atoms with van der Waals surface area (Å²) in [6.07, 6.45) is 0.957. The van der Waals surface area contributed by atoms with Crippen LogP contribution >= 0.6 is 15.9 Å². The molecule has 0 unspecified atom stereocenters. The van der Waals surface area contributed by atoms with Gasteiger partial charge in [0, 0.05) is 35.5 Å². The Hall–Kier alpha value is -1.60. The second kappa shape index (κ2) is 6.44. The lowest BCUT2D eigenvalue weighted by Crippen LogP contribution is -2.42. The molecule has 1 fully saturated rings. The third kappa shape index (κ3) is 3.54. The molecular weight excluding hydrogens is 340 g/mol. The van der Waals surface area contributed by atoms with E-state index in [1.165, 1.54) is 0 Å². The lowest BCUT2D eigenvalue weighted by atomic mass is 9.80. The number of carbonyl (C=O) groups is 2. The summed E-state index contributed by atoms with van der Waals surface area (Å²) < 4.78 is 5.91. The molecule has 1 aliphatic heterocycles. The first-order chi connectivity index (χ1) is 9.94. The maximum Gasteiger partial charge on any atom is 0.311 e. The minimum atomic E-state index is -0.819. The van der Waals surface area contributed by atoms with Crippen LogP contribution in [0.4, 0.5) is 5.69 Å². The topological polar surface area (TPSA) is 102 Å². The number of nitrogens with one attached hydrogen (secondary N) is 1. The predicted molar refractivity (Wildman–Crippen MR) is 81.3 cm³/mol. The van der Waals surface area contributed by atoms with Crippen LogP contribution < -0.4 is 11.1 Å². The third-order valence-electron chi connectivity index (χ3n) is 3.77. The Morgan fingerprint density at radius 1 is 1.38 bits per heavy atom. The molecule has 6 nitrogen and oxygen atoms in total. The van der Waals surface area contributed by atoms with Gasteiger partial charge in [-0.3, -0.25) is 9.59 Å². The number of anilines is 1. The van der Waals surface area contributed by atoms with Crippen molar-refractivity contribution in [2.75, 3.05) is 25.1 Å². The van der Waals surface area contributed by atoms with Gasteiger partial charge in [-0.25, -0.2) is 0 Å². The molecular formula is C14H17BrN2O4. The van der Waals surface area contributed by atoms with Crippen LogP contribution in [0.3, 0.4) is 0 Å². The van der Waals surface area contributed by atoms with Crippen molar-refractivity contribution in [2.45, 2.75) is 12.8 Å². The average molecular weight is 357 g/mol. The van der Waals surface area contributed by atoms with Crippen molar-refractivity contribution in [3.05, 3.63) is 28.2 Å². The zero-order valence-corrected chi connectivity index (χ0v) is 13.0. The molecule has 1 amide bonds. The molecule has 0 radical (unpaired) electrons. The fourth-order valence-electron chi connectivity index (χ4n) is 2.30. The second-order valence-electron chi connectivity index (χ2n) is 5.11. The van der Waals surface area contributed by atoms with Crippen molar-refractivity contribution in [1.29, 1.82) is 0 Å². The highest BCUT2D eigenvalue weighted by Gasteiger charge is 2.40. The number of nitrogens with two attached hydrogens (primary N) is 1. The molecule has 1 aromatic rings. The number of benzene rings is 1. The Morgan fingerprint density at radius 2 is 2.05 bits per heavy atom. The van der Waals surface area contributed by atoms with Gasteiger partial charge in [0.05, 0.1) is 5.41 Å². The molecule has 7 heteroatoms. The molecule has 1 aliphatic rings. The van der Waals surface area contributed by atoms with E-state index in [1.807, 2.05) is 0 Å². The van der Waals surface area contributed by atoms with Gasteiger partial charge >= 0.3 is 5.97 Å². The molecule has 0 aliphatic carbocycles. The molecule has 4 N–H and O–H groups in total. The molecule has 0 aromatic heterocycles. The van der Waals surface area contributed by atoms with Crippen molar-refractivity contribution in [2.24, 2.45) is 11.1 Å². The van der Waals surface area contributed by atoms with Crippen molar-refractivity contribution >= 4 is 33.5 Å². The Balaban J connectivity index is 2.11. The Morgan fingerprint density at radius 3 is 2.57 bits per heavy atom. The van der Waals surface area contributed by atoms with Gasteiger partial charge in [-0.15, -0.1) is 0 Å². The molecule has 0 saturated carbocycles. The van der Waals surface area contributed by atoms with Crippen LogP contribution in [0.2, 0.25) is 0 Å². The molecule has 21 heavy (non-hydrogen) atoms. The van der Waals surface area contributed by atoms with Crippen molar-refractivity contribution in [3.63, 3.8) is 0 Å². The molecule has 0 bridgehead atoms. The Labute approximate surface area is 130 Å². The summed E-state index contributed by atoms with van der Waals surface area (Å²) in [7, 11) is 0. The van der Waals surface area contributed by atoms with E-state index in [-0.39, 0.29) is 0 Å². The summed E-state index contributed by atoms with van der Waals surface area (Å²) in [6.45, 7) is 1.21. The molecule has 0 atom stereocenters. The first-order valence-corrected chi connectivity index (χ1v) is 7.38. The van der Waals surface area contributed by atoms with Gasteiger partial charge in [0.1, 0.15) is 0 Å². The largest absolute Gasteiger partial charge is 0.481 e. The van der Waals surface area contributed by atoms with Crippen LogP contribution in [0.15, 0.2) is 22.7 Å². The van der Waals surface area contributed by atoms with E-state index in [1.54, 1.807) is 18.2 Å². The number of carboxylic acids is 1. The normalized spacial score (nSPS) is 17.2. The summed E-state index contributed by atoms with van der Waals surface area (Å²) in [4.78, 5) is 22.7. The zero-order valence-electron chi connectivity index (χ0n) is 11.4. The number of carboxylic acid groups (broad SMARTS) is 1. The highest BCUT2D eigenvalue weighted by molar-refractivity contribution is 9.10. The number of hydrogen-bond acceptors (Lipinski definition) is 4. The number of carbonyl (C=O) groups excluding carboxylic acids is 1. The van der Waals surface area contributed by atoms with Gasteiger partial charge in [-0.05, 0) is 47.0 Å². The van der Waals surface area contributed by atoms with E-state index >= 15 is 0 Å². The highest BCUT2D eigenvalue weighted by Crippen LogP contribution is 2.32. The molecule has 0 spiro atoms. The standard InChI is InChI=1S/C14H17BrN2O4/c15-10-7-9(12(16)18)1-2-11(10)17-8-14(13(19)20)3-5-21-6-4-14/h1-2,7,17H,3-6,8H2,(H2,16,18)(H,19,20). The predicted octanol–water partition coefficient (Wildman–Crippen LogP) is 1.84. The summed E-state index contributed by atoms with van der Waals surface area (Å²) in [6, 6.07) is 4.92. The number of ether oxygens (including phenoxy) is 1. The van der Waals surface area contributed by atoms with E-state index in [2.05, 4.69) is 21.2 Å². The highest BCUT2D eigenvalue weighted by atomic mass is 79.9. The monoisotopic (exact) mass is 356 g/mol. The number of hydrogen-bond donors (Lipinski definition) is 3. The number of amides is 1. The molecule has 114 valence electrons. The van der Waals surface area contributed by atoms with Gasteiger partial charge < -0.3 is 20.9 Å². The van der Waals surface area contributed by atoms with Crippen LogP contribution in [0.1, 0.15) is 23.2 Å². The van der Waals surface area contributed by atoms with E-state index in [0.29, 0.717) is 42.6 Å². The van der Waals surface area contributed by atoms with Crippen LogP contribution in [-0.4, -0.2) is 36.7 Å². The number of halogens is 1. The molecule has 1 saturated heterocycles. The maximum atomic E-state index is 11.6. The lowest BCUT2D eigenvalue weighted by molar-refractivity contribution is -0.153. The van der Waals surface area contributed by atoms with Crippen LogP contribution in [-0.2, 0) is 9.53 Å². The van der Waals surface area contributed by atoms with Gasteiger partial charge in [0.2, 0.25) is 5.91 Å². The fraction of sp³-hybridized carbons (Fsp3) is 0.429. The third-order valence-corrected chi connectivity index (χ3v) is 4.43. The van der Waals surface area contributed by atoms with Crippen molar-refractivity contribution in [3.8, 4) is 0 Å². The summed E-state index contributed by atoms with van der Waals surface area (Å²) in [5.74, 6) is -1.32. The average Bonchev–Trinajstić information content (AvgIpc) is 2.46. The number of primary amides is 1. The molecule has 1 heterocycles. The number of rotatable bonds is 5. The number of aliphatic carboxylic acids is 1. The first-order valence-electron chi connectivity index (χ1n) is 6.59. The van der Waals surface area contributed by atoms with E-state index in [9.17, 15) is 14.7 Å². The van der Waals surface area contributed by atoms with Crippen LogP contribution in [0.5, 0.6) is 0 Å². The summed E-state index contributed by atoms with van der Waals surface area (Å²) in [5, 5.41) is 12.6. The summed E-state index contributed by atoms with van der Waals surface area (Å²) in [5.41, 5.74) is 5.52. The first kappa shape index (κ1) is 15.8. The quantitative estimate of drug-likeness (QED) is 0.746. The SMILES string of the molecule is NC(=O)c1ccc(NCC2(C(=O)O)CCOCC2)c(Br)c1.